The van der Waals surface area contributed by atoms with Crippen molar-refractivity contribution in [3.05, 3.63) is 0 Å². The molecule has 1 aliphatic heterocycles. The zero-order valence-corrected chi connectivity index (χ0v) is 10.6. The molecule has 1 saturated heterocycles. The Morgan fingerprint density at radius 2 is 2.13 bits per heavy atom. The summed E-state index contributed by atoms with van der Waals surface area (Å²) in [6, 6.07) is 0.295. The highest BCUT2D eigenvalue weighted by Gasteiger charge is 2.28. The highest BCUT2D eigenvalue weighted by molar-refractivity contribution is 4.82. The predicted octanol–water partition coefficient (Wildman–Crippen LogP) is 1.47. The average molecular weight is 214 g/mol. The number of rotatable bonds is 4. The first-order chi connectivity index (χ1) is 6.94. The van der Waals surface area contributed by atoms with Crippen molar-refractivity contribution in [1.29, 1.82) is 0 Å². The molecule has 3 nitrogen and oxygen atoms in total. The van der Waals surface area contributed by atoms with Crippen LogP contribution in [-0.2, 0) is 4.74 Å². The highest BCUT2D eigenvalue weighted by Crippen LogP contribution is 2.17. The second kappa shape index (κ2) is 5.28. The van der Waals surface area contributed by atoms with E-state index in [0.29, 0.717) is 12.0 Å². The smallest absolute Gasteiger partial charge is 0.0753 e. The molecule has 2 unspecified atom stereocenters. The third-order valence-corrected chi connectivity index (χ3v) is 3.35. The van der Waals surface area contributed by atoms with Crippen molar-refractivity contribution in [1.82, 2.24) is 4.90 Å². The Balaban J connectivity index is 2.38. The monoisotopic (exact) mass is 214 g/mol. The average Bonchev–Trinajstić information content (AvgIpc) is 2.14. The van der Waals surface area contributed by atoms with Crippen molar-refractivity contribution >= 4 is 0 Å². The molecule has 0 aromatic rings. The molecule has 3 heteroatoms. The van der Waals surface area contributed by atoms with E-state index >= 15 is 0 Å². The minimum absolute atomic E-state index is 0.00653. The molecule has 0 aromatic carbocycles. The molecule has 2 atom stereocenters. The second-order valence-electron chi connectivity index (χ2n) is 5.39. The summed E-state index contributed by atoms with van der Waals surface area (Å²) in [6.45, 7) is 12.6. The van der Waals surface area contributed by atoms with Gasteiger partial charge in [0.2, 0.25) is 0 Å². The molecular weight excluding hydrogens is 188 g/mol. The van der Waals surface area contributed by atoms with Crippen LogP contribution in [0.1, 0.15) is 34.1 Å². The highest BCUT2D eigenvalue weighted by atomic mass is 16.5. The molecule has 0 amide bonds. The van der Waals surface area contributed by atoms with Gasteiger partial charge in [-0.2, -0.15) is 0 Å². The van der Waals surface area contributed by atoms with Gasteiger partial charge in [0.1, 0.15) is 0 Å². The standard InChI is InChI=1S/C12H26N2O/c1-5-10(2)11(13)8-14-6-7-15-12(3,4)9-14/h10-11H,5-9,13H2,1-4H3. The van der Waals surface area contributed by atoms with Crippen molar-refractivity contribution in [3.8, 4) is 0 Å². The fraction of sp³-hybridized carbons (Fsp3) is 1.00. The number of morpholine rings is 1. The molecule has 90 valence electrons. The summed E-state index contributed by atoms with van der Waals surface area (Å²) in [6.07, 6.45) is 1.16. The van der Waals surface area contributed by atoms with E-state index < -0.39 is 0 Å². The fourth-order valence-electron chi connectivity index (χ4n) is 2.05. The van der Waals surface area contributed by atoms with Gasteiger partial charge in [0, 0.05) is 25.7 Å². The summed E-state index contributed by atoms with van der Waals surface area (Å²) in [4.78, 5) is 2.43. The zero-order chi connectivity index (χ0) is 11.5. The third kappa shape index (κ3) is 4.09. The van der Waals surface area contributed by atoms with Crippen LogP contribution in [0.25, 0.3) is 0 Å². The van der Waals surface area contributed by atoms with Gasteiger partial charge in [0.05, 0.1) is 12.2 Å². The van der Waals surface area contributed by atoms with Crippen LogP contribution in [0.2, 0.25) is 0 Å². The minimum atomic E-state index is -0.00653. The number of hydrogen-bond acceptors (Lipinski definition) is 3. The Kier molecular flexibility index (Phi) is 4.56. The van der Waals surface area contributed by atoms with E-state index in [1.54, 1.807) is 0 Å². The Bertz CT molecular complexity index is 194. The summed E-state index contributed by atoms with van der Waals surface area (Å²) in [5.41, 5.74) is 6.16. The largest absolute Gasteiger partial charge is 0.373 e. The lowest BCUT2D eigenvalue weighted by Gasteiger charge is -2.39. The predicted molar refractivity (Wildman–Crippen MR) is 63.9 cm³/mol. The third-order valence-electron chi connectivity index (χ3n) is 3.35. The summed E-state index contributed by atoms with van der Waals surface area (Å²) in [7, 11) is 0. The SMILES string of the molecule is CCC(C)C(N)CN1CCOC(C)(C)C1. The van der Waals surface area contributed by atoms with E-state index in [4.69, 9.17) is 10.5 Å². The molecule has 2 N–H and O–H groups in total. The lowest BCUT2D eigenvalue weighted by molar-refractivity contribution is -0.0877. The summed E-state index contributed by atoms with van der Waals surface area (Å²) in [5, 5.41) is 0. The molecule has 15 heavy (non-hydrogen) atoms. The van der Waals surface area contributed by atoms with Crippen LogP contribution in [-0.4, -0.2) is 42.8 Å². The van der Waals surface area contributed by atoms with Gasteiger partial charge in [-0.05, 0) is 19.8 Å². The Morgan fingerprint density at radius 1 is 1.47 bits per heavy atom. The number of nitrogens with two attached hydrogens (primary N) is 1. The van der Waals surface area contributed by atoms with E-state index in [2.05, 4.69) is 32.6 Å². The van der Waals surface area contributed by atoms with Gasteiger partial charge in [-0.3, -0.25) is 4.90 Å². The number of hydrogen-bond donors (Lipinski definition) is 1. The topological polar surface area (TPSA) is 38.5 Å². The molecule has 0 bridgehead atoms. The van der Waals surface area contributed by atoms with E-state index in [-0.39, 0.29) is 5.60 Å². The van der Waals surface area contributed by atoms with Crippen LogP contribution < -0.4 is 5.73 Å². The van der Waals surface area contributed by atoms with Crippen molar-refractivity contribution in [2.75, 3.05) is 26.2 Å². The maximum atomic E-state index is 6.16. The second-order valence-corrected chi connectivity index (χ2v) is 5.39. The van der Waals surface area contributed by atoms with Gasteiger partial charge in [-0.25, -0.2) is 0 Å². The van der Waals surface area contributed by atoms with E-state index in [9.17, 15) is 0 Å². The molecule has 0 aromatic heterocycles. The molecular formula is C12H26N2O. The van der Waals surface area contributed by atoms with Gasteiger partial charge in [-0.15, -0.1) is 0 Å². The lowest BCUT2D eigenvalue weighted by Crippen LogP contribution is -2.52. The Hall–Kier alpha value is -0.120. The van der Waals surface area contributed by atoms with Crippen molar-refractivity contribution in [2.45, 2.75) is 45.8 Å². The van der Waals surface area contributed by atoms with Crippen LogP contribution in [0.4, 0.5) is 0 Å². The first kappa shape index (κ1) is 12.9. The maximum absolute atomic E-state index is 6.16. The van der Waals surface area contributed by atoms with Crippen molar-refractivity contribution < 1.29 is 4.74 Å². The van der Waals surface area contributed by atoms with Gasteiger partial charge in [-0.1, -0.05) is 20.3 Å². The van der Waals surface area contributed by atoms with Gasteiger partial charge >= 0.3 is 0 Å². The van der Waals surface area contributed by atoms with Gasteiger partial charge in [0.25, 0.3) is 0 Å². The maximum Gasteiger partial charge on any atom is 0.0753 e. The van der Waals surface area contributed by atoms with Crippen LogP contribution in [0.15, 0.2) is 0 Å². The van der Waals surface area contributed by atoms with E-state index in [1.807, 2.05) is 0 Å². The van der Waals surface area contributed by atoms with Crippen LogP contribution in [0, 0.1) is 5.92 Å². The van der Waals surface area contributed by atoms with E-state index in [1.165, 1.54) is 0 Å². The minimum Gasteiger partial charge on any atom is -0.373 e. The van der Waals surface area contributed by atoms with Crippen LogP contribution >= 0.6 is 0 Å². The molecule has 0 radical (unpaired) electrons. The lowest BCUT2D eigenvalue weighted by atomic mass is 9.98. The molecule has 1 fully saturated rings. The quantitative estimate of drug-likeness (QED) is 0.770. The number of ether oxygens (including phenoxy) is 1. The molecule has 0 aliphatic carbocycles. The summed E-state index contributed by atoms with van der Waals surface area (Å²) < 4.78 is 5.68. The summed E-state index contributed by atoms with van der Waals surface area (Å²) >= 11 is 0. The number of nitrogens with zero attached hydrogens (tertiary/aromatic N) is 1. The first-order valence-electron chi connectivity index (χ1n) is 6.06. The molecule has 0 spiro atoms. The molecule has 1 rings (SSSR count). The Labute approximate surface area is 94.0 Å². The van der Waals surface area contributed by atoms with Gasteiger partial charge in [0.15, 0.2) is 0 Å². The first-order valence-corrected chi connectivity index (χ1v) is 6.06. The van der Waals surface area contributed by atoms with E-state index in [0.717, 1.165) is 32.7 Å². The molecule has 0 saturated carbocycles. The summed E-state index contributed by atoms with van der Waals surface area (Å²) in [5.74, 6) is 0.607. The molecule has 1 heterocycles. The van der Waals surface area contributed by atoms with Crippen molar-refractivity contribution in [2.24, 2.45) is 11.7 Å². The van der Waals surface area contributed by atoms with Gasteiger partial charge < -0.3 is 10.5 Å². The van der Waals surface area contributed by atoms with Crippen LogP contribution in [0.3, 0.4) is 0 Å². The normalized spacial score (nSPS) is 26.2. The Morgan fingerprint density at radius 3 is 2.67 bits per heavy atom. The van der Waals surface area contributed by atoms with Crippen LogP contribution in [0.5, 0.6) is 0 Å². The zero-order valence-electron chi connectivity index (χ0n) is 10.6. The fourth-order valence-corrected chi connectivity index (χ4v) is 2.05. The van der Waals surface area contributed by atoms with Crippen molar-refractivity contribution in [3.63, 3.8) is 0 Å². The molecule has 1 aliphatic rings.